The number of fused-ring (bicyclic) bond motifs is 1. The van der Waals surface area contributed by atoms with Gasteiger partial charge in [0.1, 0.15) is 11.4 Å². The third-order valence-electron chi connectivity index (χ3n) is 2.25. The molecule has 2 rings (SSSR count). The average Bonchev–Trinajstić information content (AvgIpc) is 2.73. The number of carbonyl (C=O) groups is 1. The zero-order valence-corrected chi connectivity index (χ0v) is 9.56. The van der Waals surface area contributed by atoms with Gasteiger partial charge in [0.2, 0.25) is 0 Å². The summed E-state index contributed by atoms with van der Waals surface area (Å²) in [6, 6.07) is 0. The Morgan fingerprint density at radius 1 is 1.53 bits per heavy atom. The second-order valence-corrected chi connectivity index (χ2v) is 3.36. The molecule has 7 nitrogen and oxygen atoms in total. The minimum Gasteiger partial charge on any atom is -0.462 e. The lowest BCUT2D eigenvalue weighted by Gasteiger charge is -1.99. The van der Waals surface area contributed by atoms with Gasteiger partial charge in [-0.2, -0.15) is 9.50 Å². The zero-order chi connectivity index (χ0) is 12.4. The normalized spacial score (nSPS) is 10.7. The SMILES string of the molecule is CCOC(=O)c1cnc2nc(CC)[nH]n2c1=O. The molecule has 2 aromatic heterocycles. The number of aryl methyl sites for hydroxylation is 1. The molecule has 0 aromatic carbocycles. The largest absolute Gasteiger partial charge is 0.462 e. The Balaban J connectivity index is 2.57. The third-order valence-corrected chi connectivity index (χ3v) is 2.25. The molecule has 0 aliphatic heterocycles. The molecule has 0 atom stereocenters. The Hall–Kier alpha value is -2.18. The van der Waals surface area contributed by atoms with Crippen LogP contribution in [0.3, 0.4) is 0 Å². The van der Waals surface area contributed by atoms with Crippen LogP contribution in [-0.2, 0) is 11.2 Å². The van der Waals surface area contributed by atoms with Gasteiger partial charge in [-0.1, -0.05) is 6.92 Å². The summed E-state index contributed by atoms with van der Waals surface area (Å²) in [5.41, 5.74) is -0.601. The van der Waals surface area contributed by atoms with Crippen LogP contribution in [0.25, 0.3) is 5.78 Å². The van der Waals surface area contributed by atoms with Crippen molar-refractivity contribution in [2.45, 2.75) is 20.3 Å². The fourth-order valence-corrected chi connectivity index (χ4v) is 1.41. The van der Waals surface area contributed by atoms with Gasteiger partial charge in [-0.3, -0.25) is 9.89 Å². The zero-order valence-electron chi connectivity index (χ0n) is 9.56. The molecule has 1 N–H and O–H groups in total. The van der Waals surface area contributed by atoms with Crippen LogP contribution in [-0.4, -0.2) is 32.2 Å². The van der Waals surface area contributed by atoms with Gasteiger partial charge in [-0.25, -0.2) is 9.78 Å². The third kappa shape index (κ3) is 1.91. The molecule has 0 saturated heterocycles. The Morgan fingerprint density at radius 3 is 2.94 bits per heavy atom. The van der Waals surface area contributed by atoms with Crippen LogP contribution in [0.4, 0.5) is 0 Å². The van der Waals surface area contributed by atoms with Crippen LogP contribution >= 0.6 is 0 Å². The molecule has 0 saturated carbocycles. The highest BCUT2D eigenvalue weighted by Gasteiger charge is 2.15. The van der Waals surface area contributed by atoms with Crippen LogP contribution in [0.15, 0.2) is 11.0 Å². The number of hydrogen-bond acceptors (Lipinski definition) is 5. The summed E-state index contributed by atoms with van der Waals surface area (Å²) >= 11 is 0. The molecule has 0 fully saturated rings. The van der Waals surface area contributed by atoms with E-state index >= 15 is 0 Å². The number of hydrogen-bond donors (Lipinski definition) is 1. The van der Waals surface area contributed by atoms with E-state index in [1.54, 1.807) is 6.92 Å². The van der Waals surface area contributed by atoms with Crippen LogP contribution in [0.1, 0.15) is 30.0 Å². The fourth-order valence-electron chi connectivity index (χ4n) is 1.41. The van der Waals surface area contributed by atoms with Crippen molar-refractivity contribution in [3.8, 4) is 0 Å². The van der Waals surface area contributed by atoms with Crippen LogP contribution < -0.4 is 5.56 Å². The van der Waals surface area contributed by atoms with E-state index in [0.717, 1.165) is 4.52 Å². The Morgan fingerprint density at radius 2 is 2.29 bits per heavy atom. The molecule has 0 amide bonds. The van der Waals surface area contributed by atoms with Gasteiger partial charge < -0.3 is 4.74 Å². The van der Waals surface area contributed by atoms with E-state index in [2.05, 4.69) is 15.1 Å². The summed E-state index contributed by atoms with van der Waals surface area (Å²) in [5.74, 6) is 0.211. The fraction of sp³-hybridized carbons (Fsp3) is 0.400. The van der Waals surface area contributed by atoms with Gasteiger partial charge in [0, 0.05) is 6.42 Å². The minimum absolute atomic E-state index is 0.101. The average molecular weight is 236 g/mol. The summed E-state index contributed by atoms with van der Waals surface area (Å²) in [6.45, 7) is 3.78. The number of esters is 1. The maximum Gasteiger partial charge on any atom is 0.345 e. The van der Waals surface area contributed by atoms with Gasteiger partial charge in [0.25, 0.3) is 11.3 Å². The Kier molecular flexibility index (Phi) is 2.90. The van der Waals surface area contributed by atoms with Crippen molar-refractivity contribution in [3.05, 3.63) is 27.9 Å². The van der Waals surface area contributed by atoms with Gasteiger partial charge in [0.15, 0.2) is 0 Å². The second kappa shape index (κ2) is 4.36. The summed E-state index contributed by atoms with van der Waals surface area (Å²) < 4.78 is 5.91. The maximum atomic E-state index is 11.9. The lowest BCUT2D eigenvalue weighted by atomic mass is 10.3. The molecule has 0 unspecified atom stereocenters. The molecule has 0 bridgehead atoms. The number of ether oxygens (including phenoxy) is 1. The number of aromatic nitrogens is 4. The van der Waals surface area contributed by atoms with E-state index in [0.29, 0.717) is 12.2 Å². The molecule has 90 valence electrons. The summed E-state index contributed by atoms with van der Waals surface area (Å²) in [4.78, 5) is 31.4. The van der Waals surface area contributed by atoms with E-state index in [4.69, 9.17) is 4.74 Å². The number of H-pyrrole nitrogens is 1. The predicted molar refractivity (Wildman–Crippen MR) is 58.9 cm³/mol. The summed E-state index contributed by atoms with van der Waals surface area (Å²) in [5, 5.41) is 2.77. The molecule has 0 aliphatic carbocycles. The molecule has 2 heterocycles. The molecule has 0 spiro atoms. The quantitative estimate of drug-likeness (QED) is 0.766. The van der Waals surface area contributed by atoms with Crippen molar-refractivity contribution in [1.29, 1.82) is 0 Å². The summed E-state index contributed by atoms with van der Waals surface area (Å²) in [7, 11) is 0. The van der Waals surface area contributed by atoms with Crippen molar-refractivity contribution in [2.75, 3.05) is 6.61 Å². The standard InChI is InChI=1S/C10H12N4O3/c1-3-7-12-10-11-5-6(9(16)17-4-2)8(15)14(10)13-7/h5H,3-4H2,1-2H3,(H,11,12,13). The lowest BCUT2D eigenvalue weighted by molar-refractivity contribution is 0.0523. The van der Waals surface area contributed by atoms with Crippen molar-refractivity contribution in [3.63, 3.8) is 0 Å². The smallest absolute Gasteiger partial charge is 0.345 e. The Bertz CT molecular complexity index is 614. The molecule has 0 aliphatic rings. The Labute approximate surface area is 96.4 Å². The van der Waals surface area contributed by atoms with Crippen molar-refractivity contribution >= 4 is 11.7 Å². The number of aromatic amines is 1. The van der Waals surface area contributed by atoms with E-state index in [1.807, 2.05) is 6.92 Å². The van der Waals surface area contributed by atoms with Crippen LogP contribution in [0.5, 0.6) is 0 Å². The number of carbonyl (C=O) groups excluding carboxylic acids is 1. The molecule has 7 heteroatoms. The molecular formula is C10H12N4O3. The highest BCUT2D eigenvalue weighted by molar-refractivity contribution is 5.88. The minimum atomic E-state index is -0.674. The van der Waals surface area contributed by atoms with Crippen molar-refractivity contribution < 1.29 is 9.53 Å². The van der Waals surface area contributed by atoms with Gasteiger partial charge >= 0.3 is 5.97 Å². The second-order valence-electron chi connectivity index (χ2n) is 3.36. The van der Waals surface area contributed by atoms with E-state index in [-0.39, 0.29) is 17.9 Å². The van der Waals surface area contributed by atoms with Crippen molar-refractivity contribution in [2.24, 2.45) is 0 Å². The molecule has 0 radical (unpaired) electrons. The summed E-state index contributed by atoms with van der Waals surface area (Å²) in [6.07, 6.45) is 1.84. The number of nitrogens with one attached hydrogen (secondary N) is 1. The highest BCUT2D eigenvalue weighted by Crippen LogP contribution is 1.98. The van der Waals surface area contributed by atoms with E-state index in [1.165, 1.54) is 6.20 Å². The lowest BCUT2D eigenvalue weighted by Crippen LogP contribution is -2.24. The predicted octanol–water partition coefficient (Wildman–Crippen LogP) is 0.157. The van der Waals surface area contributed by atoms with Gasteiger partial charge in [0.05, 0.1) is 12.8 Å². The molecular weight excluding hydrogens is 224 g/mol. The first kappa shape index (κ1) is 11.3. The van der Waals surface area contributed by atoms with Crippen LogP contribution in [0, 0.1) is 0 Å². The van der Waals surface area contributed by atoms with Crippen molar-refractivity contribution in [1.82, 2.24) is 19.6 Å². The first-order valence-electron chi connectivity index (χ1n) is 5.31. The molecule has 2 aromatic rings. The van der Waals surface area contributed by atoms with Crippen LogP contribution in [0.2, 0.25) is 0 Å². The first-order chi connectivity index (χ1) is 8.17. The number of rotatable bonds is 3. The maximum absolute atomic E-state index is 11.9. The van der Waals surface area contributed by atoms with Gasteiger partial charge in [-0.15, -0.1) is 0 Å². The monoisotopic (exact) mass is 236 g/mol. The van der Waals surface area contributed by atoms with E-state index < -0.39 is 11.5 Å². The highest BCUT2D eigenvalue weighted by atomic mass is 16.5. The molecule has 17 heavy (non-hydrogen) atoms. The number of nitrogens with zero attached hydrogens (tertiary/aromatic N) is 3. The van der Waals surface area contributed by atoms with E-state index in [9.17, 15) is 9.59 Å². The topological polar surface area (TPSA) is 89.3 Å². The first-order valence-corrected chi connectivity index (χ1v) is 5.31. The van der Waals surface area contributed by atoms with Gasteiger partial charge in [-0.05, 0) is 6.92 Å².